The van der Waals surface area contributed by atoms with Gasteiger partial charge in [-0.05, 0) is 61.3 Å². The van der Waals surface area contributed by atoms with Crippen LogP contribution in [-0.2, 0) is 33.5 Å². The van der Waals surface area contributed by atoms with E-state index >= 15 is 0 Å². The molecule has 0 radical (unpaired) electrons. The number of ketones is 2. The molecule has 13 heteroatoms. The second-order valence-electron chi connectivity index (χ2n) is 15.6. The van der Waals surface area contributed by atoms with E-state index in [2.05, 4.69) is 21.3 Å². The van der Waals surface area contributed by atoms with Crippen LogP contribution < -0.4 is 21.3 Å². The highest BCUT2D eigenvalue weighted by Crippen LogP contribution is 2.43. The Morgan fingerprint density at radius 1 is 0.849 bits per heavy atom. The number of nitrogens with one attached hydrogen (secondary N) is 4. The Bertz CT molecular complexity index is 1430. The summed E-state index contributed by atoms with van der Waals surface area (Å²) in [7, 11) is 3.13. The molecule has 13 nitrogen and oxygen atoms in total. The van der Waals surface area contributed by atoms with Gasteiger partial charge in [-0.25, -0.2) is 4.79 Å². The van der Waals surface area contributed by atoms with Gasteiger partial charge in [0.15, 0.2) is 5.78 Å². The van der Waals surface area contributed by atoms with E-state index in [1.54, 1.807) is 44.4 Å². The molecular formula is C40H61N5O8. The number of carbonyl (C=O) groups is 7. The van der Waals surface area contributed by atoms with Crippen LogP contribution in [0, 0.1) is 35.5 Å². The fraction of sp³-hybridized carbons (Fsp3) is 0.675. The molecule has 0 aromatic heterocycles. The van der Waals surface area contributed by atoms with Gasteiger partial charge in [-0.3, -0.25) is 28.8 Å². The molecule has 2 aliphatic rings. The minimum atomic E-state index is -1.18. The largest absolute Gasteiger partial charge is 0.449 e. The lowest BCUT2D eigenvalue weighted by Crippen LogP contribution is -2.54. The Labute approximate surface area is 314 Å². The topological polar surface area (TPSA) is 180 Å². The highest BCUT2D eigenvalue weighted by atomic mass is 16.5. The highest BCUT2D eigenvalue weighted by Gasteiger charge is 2.49. The second-order valence-corrected chi connectivity index (χ2v) is 15.6. The molecule has 5 amide bonds. The lowest BCUT2D eigenvalue weighted by atomic mass is 9.75. The standard InChI is InChI=1S/C40H61N5O8/c1-8-15-30(36(48)38(50)41-22-31(46)43-34(39(51)45(6)7)27-18-13-10-14-19-27)42-37(49)32-28(25(4)5)20-21-29(32)35(47)33(26-16-11-9-12-17-26)44-40(52)53-23-24(2)3/h10,13-14,18-19,24-26,28-30,32-34H,8-9,11-12,15-17,20-23H2,1-7H3,(H,41,50)(H,42,49)(H,43,46)(H,44,52)/t28-,29?,30?,32-,33+,34?/m1/s1. The molecule has 0 saturated heterocycles. The summed E-state index contributed by atoms with van der Waals surface area (Å²) >= 11 is 0. The van der Waals surface area contributed by atoms with Gasteiger partial charge in [0.25, 0.3) is 5.91 Å². The fourth-order valence-electron chi connectivity index (χ4n) is 7.64. The maximum atomic E-state index is 14.4. The van der Waals surface area contributed by atoms with Gasteiger partial charge < -0.3 is 30.9 Å². The quantitative estimate of drug-likeness (QED) is 0.163. The van der Waals surface area contributed by atoms with Crippen LogP contribution in [0.4, 0.5) is 4.79 Å². The van der Waals surface area contributed by atoms with E-state index in [9.17, 15) is 33.6 Å². The van der Waals surface area contributed by atoms with Crippen LogP contribution in [0.1, 0.15) is 104 Å². The molecule has 0 bridgehead atoms. The molecule has 2 fully saturated rings. The third-order valence-corrected chi connectivity index (χ3v) is 10.4. The normalized spacial score (nSPS) is 20.5. The first kappa shape index (κ1) is 43.1. The number of carbonyl (C=O) groups excluding carboxylic acids is 7. The molecular weight excluding hydrogens is 678 g/mol. The molecule has 294 valence electrons. The molecule has 2 saturated carbocycles. The number of ether oxygens (including phenoxy) is 1. The minimum absolute atomic E-state index is 0.0573. The first-order chi connectivity index (χ1) is 25.2. The lowest BCUT2D eigenvalue weighted by Gasteiger charge is -2.34. The third-order valence-electron chi connectivity index (χ3n) is 10.4. The summed E-state index contributed by atoms with van der Waals surface area (Å²) in [6.07, 6.45) is 5.64. The maximum Gasteiger partial charge on any atom is 0.407 e. The van der Waals surface area contributed by atoms with Gasteiger partial charge in [-0.1, -0.05) is 90.6 Å². The minimum Gasteiger partial charge on any atom is -0.449 e. The van der Waals surface area contributed by atoms with Crippen molar-refractivity contribution >= 4 is 41.3 Å². The Kier molecular flexibility index (Phi) is 16.9. The average Bonchev–Trinajstić information content (AvgIpc) is 3.60. The van der Waals surface area contributed by atoms with E-state index in [1.165, 1.54) is 4.90 Å². The highest BCUT2D eigenvalue weighted by molar-refractivity contribution is 6.38. The molecule has 4 N–H and O–H groups in total. The van der Waals surface area contributed by atoms with Crippen molar-refractivity contribution in [1.82, 2.24) is 26.2 Å². The van der Waals surface area contributed by atoms with E-state index in [1.807, 2.05) is 34.6 Å². The molecule has 0 aliphatic heterocycles. The van der Waals surface area contributed by atoms with Crippen molar-refractivity contribution in [3.8, 4) is 0 Å². The zero-order chi connectivity index (χ0) is 39.2. The van der Waals surface area contributed by atoms with E-state index in [0.29, 0.717) is 24.8 Å². The first-order valence-electron chi connectivity index (χ1n) is 19.3. The molecule has 3 unspecified atom stereocenters. The number of likely N-dealkylation sites (N-methyl/N-ethyl adjacent to an activating group) is 1. The summed E-state index contributed by atoms with van der Waals surface area (Å²) in [6.45, 7) is 9.33. The number of alkyl carbamates (subject to hydrolysis) is 1. The number of nitrogens with zero attached hydrogens (tertiary/aromatic N) is 1. The zero-order valence-corrected chi connectivity index (χ0v) is 32.6. The van der Waals surface area contributed by atoms with Crippen molar-refractivity contribution in [2.75, 3.05) is 27.2 Å². The molecule has 1 aromatic carbocycles. The van der Waals surface area contributed by atoms with Crippen LogP contribution >= 0.6 is 0 Å². The molecule has 3 rings (SSSR count). The van der Waals surface area contributed by atoms with E-state index in [-0.39, 0.29) is 48.4 Å². The van der Waals surface area contributed by atoms with Crippen LogP contribution in [0.15, 0.2) is 30.3 Å². The van der Waals surface area contributed by atoms with Gasteiger partial charge in [0.2, 0.25) is 23.5 Å². The smallest absolute Gasteiger partial charge is 0.407 e. The van der Waals surface area contributed by atoms with Crippen LogP contribution in [0.3, 0.4) is 0 Å². The van der Waals surface area contributed by atoms with Crippen molar-refractivity contribution in [1.29, 1.82) is 0 Å². The Hall–Kier alpha value is -4.29. The maximum absolute atomic E-state index is 14.4. The predicted octanol–water partition coefficient (Wildman–Crippen LogP) is 4.10. The Morgan fingerprint density at radius 2 is 1.51 bits per heavy atom. The molecule has 53 heavy (non-hydrogen) atoms. The van der Waals surface area contributed by atoms with E-state index in [4.69, 9.17) is 4.74 Å². The predicted molar refractivity (Wildman–Crippen MR) is 200 cm³/mol. The molecule has 6 atom stereocenters. The number of benzene rings is 1. The van der Waals surface area contributed by atoms with Gasteiger partial charge in [-0.15, -0.1) is 0 Å². The van der Waals surface area contributed by atoms with Crippen LogP contribution in [0.2, 0.25) is 0 Å². The van der Waals surface area contributed by atoms with Crippen molar-refractivity contribution in [2.45, 2.75) is 111 Å². The summed E-state index contributed by atoms with van der Waals surface area (Å²) in [5.41, 5.74) is 0.558. The van der Waals surface area contributed by atoms with Crippen LogP contribution in [-0.4, -0.2) is 85.5 Å². The van der Waals surface area contributed by atoms with Crippen molar-refractivity contribution in [3.05, 3.63) is 35.9 Å². The number of rotatable bonds is 18. The molecule has 0 heterocycles. The summed E-state index contributed by atoms with van der Waals surface area (Å²) < 4.78 is 5.39. The number of hydrogen-bond acceptors (Lipinski definition) is 8. The van der Waals surface area contributed by atoms with Crippen LogP contribution in [0.25, 0.3) is 0 Å². The van der Waals surface area contributed by atoms with Gasteiger partial charge in [0.05, 0.1) is 31.2 Å². The van der Waals surface area contributed by atoms with Crippen LogP contribution in [0.5, 0.6) is 0 Å². The monoisotopic (exact) mass is 739 g/mol. The fourth-order valence-corrected chi connectivity index (χ4v) is 7.64. The van der Waals surface area contributed by atoms with Crippen molar-refractivity contribution < 1.29 is 38.3 Å². The molecule has 0 spiro atoms. The average molecular weight is 740 g/mol. The molecule has 1 aromatic rings. The zero-order valence-electron chi connectivity index (χ0n) is 32.6. The summed E-state index contributed by atoms with van der Waals surface area (Å²) in [5, 5.41) is 10.6. The number of amides is 5. The summed E-state index contributed by atoms with van der Waals surface area (Å²) in [4.78, 5) is 95.1. The van der Waals surface area contributed by atoms with Gasteiger partial charge >= 0.3 is 6.09 Å². The van der Waals surface area contributed by atoms with Gasteiger partial charge in [0, 0.05) is 20.0 Å². The Balaban J connectivity index is 1.74. The van der Waals surface area contributed by atoms with Gasteiger partial charge in [-0.2, -0.15) is 0 Å². The lowest BCUT2D eigenvalue weighted by molar-refractivity contribution is -0.142. The van der Waals surface area contributed by atoms with E-state index in [0.717, 1.165) is 32.1 Å². The van der Waals surface area contributed by atoms with Crippen molar-refractivity contribution in [2.24, 2.45) is 35.5 Å². The summed E-state index contributed by atoms with van der Waals surface area (Å²) in [5.74, 6) is -5.14. The Morgan fingerprint density at radius 3 is 2.09 bits per heavy atom. The first-order valence-corrected chi connectivity index (χ1v) is 19.3. The number of Topliss-reactive ketones (excluding diaryl/α,β-unsaturated/α-hetero) is 2. The molecule has 2 aliphatic carbocycles. The second kappa shape index (κ2) is 20.8. The SMILES string of the molecule is CCCC(NC(=O)[C@H]1C(C(=O)[C@@H](NC(=O)OCC(C)C)C2CCCCC2)CC[C@@H]1C(C)C)C(=O)C(=O)NCC(=O)NC(C(=O)N(C)C)c1ccccc1. The van der Waals surface area contributed by atoms with E-state index < -0.39 is 66.1 Å². The number of hydrogen-bond donors (Lipinski definition) is 4. The van der Waals surface area contributed by atoms with Gasteiger partial charge in [0.1, 0.15) is 6.04 Å². The van der Waals surface area contributed by atoms with Crippen molar-refractivity contribution in [3.63, 3.8) is 0 Å². The summed E-state index contributed by atoms with van der Waals surface area (Å²) in [6, 6.07) is 5.71. The third kappa shape index (κ3) is 12.4.